The van der Waals surface area contributed by atoms with Crippen molar-refractivity contribution in [1.82, 2.24) is 30.5 Å². The lowest BCUT2D eigenvalue weighted by atomic mass is 10.2. The Labute approximate surface area is 157 Å². The number of H-pyrrole nitrogens is 1. The van der Waals surface area contributed by atoms with Crippen molar-refractivity contribution < 1.29 is 4.79 Å². The van der Waals surface area contributed by atoms with Gasteiger partial charge in [-0.05, 0) is 44.9 Å². The van der Waals surface area contributed by atoms with E-state index in [-0.39, 0.29) is 17.8 Å². The zero-order chi connectivity index (χ0) is 19.2. The second-order valence-electron chi connectivity index (χ2n) is 6.34. The number of anilines is 1. The van der Waals surface area contributed by atoms with E-state index in [0.29, 0.717) is 12.4 Å². The van der Waals surface area contributed by atoms with Crippen LogP contribution in [0.15, 0.2) is 36.8 Å². The predicted octanol–water partition coefficient (Wildman–Crippen LogP) is 2.36. The molecule has 3 heterocycles. The molecule has 0 unspecified atom stereocenters. The van der Waals surface area contributed by atoms with E-state index in [0.717, 1.165) is 28.9 Å². The van der Waals surface area contributed by atoms with Crippen molar-refractivity contribution in [2.45, 2.75) is 33.2 Å². The van der Waals surface area contributed by atoms with Gasteiger partial charge in [0.25, 0.3) is 5.91 Å². The minimum Gasteiger partial charge on any atom is -0.369 e. The van der Waals surface area contributed by atoms with Gasteiger partial charge in [-0.25, -0.2) is 9.97 Å². The summed E-state index contributed by atoms with van der Waals surface area (Å²) in [7, 11) is 0. The van der Waals surface area contributed by atoms with Crippen LogP contribution in [-0.4, -0.2) is 37.6 Å². The lowest BCUT2D eigenvalue weighted by Gasteiger charge is -2.15. The Bertz CT molecular complexity index is 894. The smallest absolute Gasteiger partial charge is 0.289 e. The van der Waals surface area contributed by atoms with Crippen LogP contribution in [0.4, 0.5) is 5.82 Å². The van der Waals surface area contributed by atoms with Crippen LogP contribution in [0.3, 0.4) is 0 Å². The fourth-order valence-corrected chi connectivity index (χ4v) is 2.61. The fraction of sp³-hybridized carbons (Fsp3) is 0.316. The van der Waals surface area contributed by atoms with Crippen LogP contribution in [0.2, 0.25) is 0 Å². The number of rotatable bonds is 7. The second kappa shape index (κ2) is 8.39. The van der Waals surface area contributed by atoms with Gasteiger partial charge in [0.05, 0.1) is 17.9 Å². The summed E-state index contributed by atoms with van der Waals surface area (Å²) in [6, 6.07) is 5.36. The molecule has 3 rings (SSSR count). The van der Waals surface area contributed by atoms with Gasteiger partial charge in [0.15, 0.2) is 0 Å². The highest BCUT2D eigenvalue weighted by atomic mass is 16.2. The topological polar surface area (TPSA) is 108 Å². The summed E-state index contributed by atoms with van der Waals surface area (Å²) in [6.07, 6.45) is 6.15. The highest BCUT2D eigenvalue weighted by Crippen LogP contribution is 2.16. The van der Waals surface area contributed by atoms with Crippen LogP contribution >= 0.6 is 0 Å². The van der Waals surface area contributed by atoms with Crippen LogP contribution in [0, 0.1) is 13.8 Å². The van der Waals surface area contributed by atoms with Gasteiger partial charge in [-0.1, -0.05) is 6.07 Å². The molecule has 3 N–H and O–H groups in total. The number of carbonyl (C=O) groups is 1. The highest BCUT2D eigenvalue weighted by Gasteiger charge is 2.17. The molecule has 0 spiro atoms. The molecule has 0 aliphatic heterocycles. The van der Waals surface area contributed by atoms with Gasteiger partial charge in [-0.15, -0.1) is 0 Å². The summed E-state index contributed by atoms with van der Waals surface area (Å²) >= 11 is 0. The van der Waals surface area contributed by atoms with Crippen LogP contribution in [0.25, 0.3) is 0 Å². The van der Waals surface area contributed by atoms with E-state index in [1.54, 1.807) is 12.4 Å². The standard InChI is InChI=1S/C19H23N7O/c1-12-13(2)24-18(19(27)25-14(3)16-6-4-5-8-20-16)26-17(12)21-9-7-15-10-22-23-11-15/h4-6,8,10-11,14H,7,9H2,1-3H3,(H,22,23)(H,25,27)(H,21,24,26)/t14-/m1/s1. The minimum absolute atomic E-state index is 0.145. The molecule has 8 heteroatoms. The number of hydrogen-bond donors (Lipinski definition) is 3. The molecule has 0 saturated carbocycles. The lowest BCUT2D eigenvalue weighted by Crippen LogP contribution is -2.29. The molecule has 0 aliphatic rings. The fourth-order valence-electron chi connectivity index (χ4n) is 2.61. The molecule has 0 radical (unpaired) electrons. The summed E-state index contributed by atoms with van der Waals surface area (Å²) in [5.41, 5.74) is 3.59. The number of nitrogens with one attached hydrogen (secondary N) is 3. The van der Waals surface area contributed by atoms with Gasteiger partial charge in [0, 0.05) is 30.2 Å². The molecule has 1 atom stereocenters. The Balaban J connectivity index is 1.69. The van der Waals surface area contributed by atoms with Gasteiger partial charge in [-0.2, -0.15) is 5.10 Å². The Kier molecular flexibility index (Phi) is 5.75. The van der Waals surface area contributed by atoms with E-state index in [1.165, 1.54) is 0 Å². The number of amides is 1. The zero-order valence-corrected chi connectivity index (χ0v) is 15.7. The van der Waals surface area contributed by atoms with E-state index in [2.05, 4.69) is 35.8 Å². The first-order valence-corrected chi connectivity index (χ1v) is 8.83. The van der Waals surface area contributed by atoms with Gasteiger partial charge < -0.3 is 10.6 Å². The maximum absolute atomic E-state index is 12.6. The first-order chi connectivity index (χ1) is 13.0. The molecule has 0 saturated heterocycles. The molecule has 3 aromatic rings. The predicted molar refractivity (Wildman–Crippen MR) is 102 cm³/mol. The molecule has 0 aromatic carbocycles. The first-order valence-electron chi connectivity index (χ1n) is 8.83. The number of aryl methyl sites for hydroxylation is 1. The van der Waals surface area contributed by atoms with Crippen LogP contribution in [-0.2, 0) is 6.42 Å². The minimum atomic E-state index is -0.325. The van der Waals surface area contributed by atoms with Crippen molar-refractivity contribution >= 4 is 11.7 Å². The maximum Gasteiger partial charge on any atom is 0.289 e. The third-order valence-electron chi connectivity index (χ3n) is 4.33. The lowest BCUT2D eigenvalue weighted by molar-refractivity contribution is 0.0928. The van der Waals surface area contributed by atoms with Crippen molar-refractivity contribution in [2.24, 2.45) is 0 Å². The number of hydrogen-bond acceptors (Lipinski definition) is 6. The van der Waals surface area contributed by atoms with E-state index in [9.17, 15) is 4.79 Å². The van der Waals surface area contributed by atoms with Crippen molar-refractivity contribution in [3.05, 3.63) is 65.1 Å². The zero-order valence-electron chi connectivity index (χ0n) is 15.7. The molecule has 0 bridgehead atoms. The highest BCUT2D eigenvalue weighted by molar-refractivity contribution is 5.91. The van der Waals surface area contributed by atoms with Crippen molar-refractivity contribution in [3.8, 4) is 0 Å². The summed E-state index contributed by atoms with van der Waals surface area (Å²) in [5, 5.41) is 12.9. The molecular weight excluding hydrogens is 342 g/mol. The molecule has 3 aromatic heterocycles. The van der Waals surface area contributed by atoms with Gasteiger partial charge >= 0.3 is 0 Å². The molecule has 0 aliphatic carbocycles. The molecule has 1 amide bonds. The Morgan fingerprint density at radius 1 is 1.26 bits per heavy atom. The third-order valence-corrected chi connectivity index (χ3v) is 4.33. The summed E-state index contributed by atoms with van der Waals surface area (Å²) < 4.78 is 0. The number of aromatic amines is 1. The van der Waals surface area contributed by atoms with E-state index < -0.39 is 0 Å². The van der Waals surface area contributed by atoms with Gasteiger partial charge in [0.1, 0.15) is 5.82 Å². The SMILES string of the molecule is Cc1nc(C(=O)N[C@H](C)c2ccccn2)nc(NCCc2cn[nH]c2)c1C. The average molecular weight is 365 g/mol. The van der Waals surface area contributed by atoms with Gasteiger partial charge in [-0.3, -0.25) is 14.9 Å². The molecular formula is C19H23N7O. The normalized spacial score (nSPS) is 11.8. The summed E-state index contributed by atoms with van der Waals surface area (Å²) in [5.74, 6) is 0.488. The second-order valence-corrected chi connectivity index (χ2v) is 6.34. The Hall–Kier alpha value is -3.29. The largest absolute Gasteiger partial charge is 0.369 e. The van der Waals surface area contributed by atoms with Crippen LogP contribution in [0.1, 0.15) is 46.1 Å². The van der Waals surface area contributed by atoms with Gasteiger partial charge in [0.2, 0.25) is 5.82 Å². The molecule has 27 heavy (non-hydrogen) atoms. The van der Waals surface area contributed by atoms with Crippen molar-refractivity contribution in [2.75, 3.05) is 11.9 Å². The monoisotopic (exact) mass is 365 g/mol. The number of nitrogens with zero attached hydrogens (tertiary/aromatic N) is 4. The van der Waals surface area contributed by atoms with Crippen molar-refractivity contribution in [1.29, 1.82) is 0 Å². The van der Waals surface area contributed by atoms with E-state index in [1.807, 2.05) is 45.2 Å². The van der Waals surface area contributed by atoms with E-state index in [4.69, 9.17) is 0 Å². The summed E-state index contributed by atoms with van der Waals surface area (Å²) in [4.78, 5) is 25.6. The summed E-state index contributed by atoms with van der Waals surface area (Å²) in [6.45, 7) is 6.37. The van der Waals surface area contributed by atoms with Crippen molar-refractivity contribution in [3.63, 3.8) is 0 Å². The molecule has 140 valence electrons. The average Bonchev–Trinajstić information content (AvgIpc) is 3.19. The number of pyridine rings is 1. The Morgan fingerprint density at radius 2 is 2.11 bits per heavy atom. The van der Waals surface area contributed by atoms with E-state index >= 15 is 0 Å². The quantitative estimate of drug-likeness (QED) is 0.593. The first kappa shape index (κ1) is 18.5. The maximum atomic E-state index is 12.6. The van der Waals surface area contributed by atoms with Crippen LogP contribution in [0.5, 0.6) is 0 Å². The number of carbonyl (C=O) groups excluding carboxylic acids is 1. The third kappa shape index (κ3) is 4.66. The molecule has 0 fully saturated rings. The molecule has 8 nitrogen and oxygen atoms in total. The Morgan fingerprint density at radius 3 is 2.81 bits per heavy atom. The van der Waals surface area contributed by atoms with Crippen LogP contribution < -0.4 is 10.6 Å². The number of aromatic nitrogens is 5.